The fourth-order valence-electron chi connectivity index (χ4n) is 3.09. The van der Waals surface area contributed by atoms with Crippen LogP contribution in [0.3, 0.4) is 0 Å². The lowest BCUT2D eigenvalue weighted by atomic mass is 10.1. The van der Waals surface area contributed by atoms with Crippen molar-refractivity contribution in [3.63, 3.8) is 0 Å². The van der Waals surface area contributed by atoms with Crippen LogP contribution in [0.25, 0.3) is 0 Å². The first-order valence-corrected chi connectivity index (χ1v) is 9.76. The van der Waals surface area contributed by atoms with Crippen LogP contribution in [0.1, 0.15) is 22.3 Å². The molecule has 1 aliphatic heterocycles. The highest BCUT2D eigenvalue weighted by Crippen LogP contribution is 2.24. The van der Waals surface area contributed by atoms with Crippen LogP contribution in [-0.2, 0) is 11.3 Å². The molecule has 0 unspecified atom stereocenters. The highest BCUT2D eigenvalue weighted by molar-refractivity contribution is 6.31. The van der Waals surface area contributed by atoms with Gasteiger partial charge in [0, 0.05) is 18.0 Å². The number of carbonyl (C=O) groups excluding carboxylic acids is 1. The van der Waals surface area contributed by atoms with Crippen LogP contribution in [0.15, 0.2) is 48.5 Å². The molecule has 5 nitrogen and oxygen atoms in total. The summed E-state index contributed by atoms with van der Waals surface area (Å²) in [6.45, 7) is 5.81. The van der Waals surface area contributed by atoms with Gasteiger partial charge >= 0.3 is 0 Å². The maximum atomic E-state index is 12.6. The SMILES string of the molecule is O=C(NCCC[NH+]1CCOCC1)c1cc(Cl)ccc1OCc1ccccc1. The van der Waals surface area contributed by atoms with E-state index in [0.717, 1.165) is 44.8 Å². The van der Waals surface area contributed by atoms with E-state index in [1.54, 1.807) is 18.2 Å². The largest absolute Gasteiger partial charge is 0.488 e. The first kappa shape index (κ1) is 19.7. The van der Waals surface area contributed by atoms with E-state index in [-0.39, 0.29) is 5.91 Å². The van der Waals surface area contributed by atoms with E-state index >= 15 is 0 Å². The monoisotopic (exact) mass is 389 g/mol. The number of amides is 1. The van der Waals surface area contributed by atoms with Gasteiger partial charge in [-0.25, -0.2) is 0 Å². The number of hydrogen-bond donors (Lipinski definition) is 2. The zero-order chi connectivity index (χ0) is 18.9. The summed E-state index contributed by atoms with van der Waals surface area (Å²) in [6, 6.07) is 15.0. The predicted octanol–water partition coefficient (Wildman–Crippen LogP) is 1.95. The number of nitrogens with one attached hydrogen (secondary N) is 2. The quantitative estimate of drug-likeness (QED) is 0.678. The van der Waals surface area contributed by atoms with E-state index in [1.807, 2.05) is 30.3 Å². The van der Waals surface area contributed by atoms with Crippen LogP contribution in [0.4, 0.5) is 0 Å². The van der Waals surface area contributed by atoms with E-state index in [2.05, 4.69) is 5.32 Å². The van der Waals surface area contributed by atoms with Crippen molar-refractivity contribution >= 4 is 17.5 Å². The molecule has 144 valence electrons. The fraction of sp³-hybridized carbons (Fsp3) is 0.381. The summed E-state index contributed by atoms with van der Waals surface area (Å²) < 4.78 is 11.2. The lowest BCUT2D eigenvalue weighted by Crippen LogP contribution is -3.14. The van der Waals surface area contributed by atoms with Crippen molar-refractivity contribution in [2.24, 2.45) is 0 Å². The molecule has 0 spiro atoms. The molecule has 2 N–H and O–H groups in total. The highest BCUT2D eigenvalue weighted by Gasteiger charge is 2.15. The second-order valence-corrected chi connectivity index (χ2v) is 7.07. The van der Waals surface area contributed by atoms with Crippen molar-refractivity contribution in [2.45, 2.75) is 13.0 Å². The molecular formula is C21H26ClN2O3+. The van der Waals surface area contributed by atoms with Gasteiger partial charge in [0.25, 0.3) is 5.91 Å². The predicted molar refractivity (Wildman–Crippen MR) is 106 cm³/mol. The van der Waals surface area contributed by atoms with Crippen LogP contribution in [-0.4, -0.2) is 45.3 Å². The Kier molecular flexibility index (Phi) is 7.51. The number of rotatable bonds is 8. The minimum absolute atomic E-state index is 0.155. The second kappa shape index (κ2) is 10.3. The zero-order valence-corrected chi connectivity index (χ0v) is 16.1. The Balaban J connectivity index is 1.52. The summed E-state index contributed by atoms with van der Waals surface area (Å²) in [6.07, 6.45) is 0.932. The minimum Gasteiger partial charge on any atom is -0.488 e. The summed E-state index contributed by atoms with van der Waals surface area (Å²) in [5.74, 6) is 0.386. The Morgan fingerprint density at radius 3 is 2.70 bits per heavy atom. The molecule has 3 rings (SSSR count). The maximum Gasteiger partial charge on any atom is 0.255 e. The lowest BCUT2D eigenvalue weighted by molar-refractivity contribution is -0.908. The molecule has 6 heteroatoms. The third kappa shape index (κ3) is 6.24. The van der Waals surface area contributed by atoms with Gasteiger partial charge < -0.3 is 19.7 Å². The number of ether oxygens (including phenoxy) is 2. The molecule has 1 aliphatic rings. The molecular weight excluding hydrogens is 364 g/mol. The summed E-state index contributed by atoms with van der Waals surface area (Å²) in [5, 5.41) is 3.50. The van der Waals surface area contributed by atoms with E-state index < -0.39 is 0 Å². The van der Waals surface area contributed by atoms with Crippen LogP contribution >= 0.6 is 11.6 Å². The maximum absolute atomic E-state index is 12.6. The Bertz CT molecular complexity index is 733. The third-order valence-electron chi connectivity index (χ3n) is 4.62. The van der Waals surface area contributed by atoms with Crippen molar-refractivity contribution in [1.29, 1.82) is 0 Å². The summed E-state index contributed by atoms with van der Waals surface area (Å²) in [7, 11) is 0. The number of halogens is 1. The Morgan fingerprint density at radius 2 is 1.93 bits per heavy atom. The van der Waals surface area contributed by atoms with Crippen LogP contribution in [0.2, 0.25) is 5.02 Å². The average molecular weight is 390 g/mol. The van der Waals surface area contributed by atoms with Crippen molar-refractivity contribution in [3.8, 4) is 5.75 Å². The topological polar surface area (TPSA) is 52.0 Å². The molecule has 2 aromatic carbocycles. The first-order chi connectivity index (χ1) is 13.2. The molecule has 0 radical (unpaired) electrons. The van der Waals surface area contributed by atoms with E-state index in [1.165, 1.54) is 4.90 Å². The van der Waals surface area contributed by atoms with E-state index in [4.69, 9.17) is 21.1 Å². The summed E-state index contributed by atoms with van der Waals surface area (Å²) in [5.41, 5.74) is 1.52. The molecule has 0 atom stereocenters. The lowest BCUT2D eigenvalue weighted by Gasteiger charge is -2.23. The molecule has 0 aliphatic carbocycles. The Labute approximate surface area is 165 Å². The van der Waals surface area contributed by atoms with Crippen molar-refractivity contribution in [2.75, 3.05) is 39.4 Å². The number of quaternary nitrogens is 1. The number of benzene rings is 2. The molecule has 1 amide bonds. The zero-order valence-electron chi connectivity index (χ0n) is 15.4. The molecule has 1 heterocycles. The van der Waals surface area contributed by atoms with Crippen LogP contribution < -0.4 is 15.0 Å². The van der Waals surface area contributed by atoms with Gasteiger partial charge in [-0.15, -0.1) is 0 Å². The molecule has 2 aromatic rings. The van der Waals surface area contributed by atoms with E-state index in [0.29, 0.717) is 29.5 Å². The van der Waals surface area contributed by atoms with Crippen molar-refractivity contribution in [3.05, 3.63) is 64.7 Å². The van der Waals surface area contributed by atoms with Gasteiger partial charge in [-0.2, -0.15) is 0 Å². The summed E-state index contributed by atoms with van der Waals surface area (Å²) >= 11 is 6.09. The van der Waals surface area contributed by atoms with Gasteiger partial charge in [0.2, 0.25) is 0 Å². The molecule has 0 bridgehead atoms. The average Bonchev–Trinajstić information content (AvgIpc) is 2.71. The number of carbonyl (C=O) groups is 1. The molecule has 0 saturated carbocycles. The highest BCUT2D eigenvalue weighted by atomic mass is 35.5. The number of hydrogen-bond acceptors (Lipinski definition) is 3. The third-order valence-corrected chi connectivity index (χ3v) is 4.85. The molecule has 1 saturated heterocycles. The van der Waals surface area contributed by atoms with E-state index in [9.17, 15) is 4.79 Å². The van der Waals surface area contributed by atoms with Crippen LogP contribution in [0, 0.1) is 0 Å². The van der Waals surface area contributed by atoms with Gasteiger partial charge in [0.05, 0.1) is 25.3 Å². The minimum atomic E-state index is -0.155. The normalized spacial score (nSPS) is 14.7. The van der Waals surface area contributed by atoms with Gasteiger partial charge in [-0.3, -0.25) is 4.79 Å². The molecule has 0 aromatic heterocycles. The van der Waals surface area contributed by atoms with Crippen LogP contribution in [0.5, 0.6) is 5.75 Å². The van der Waals surface area contributed by atoms with Crippen molar-refractivity contribution in [1.82, 2.24) is 5.32 Å². The fourth-order valence-corrected chi connectivity index (χ4v) is 3.26. The standard InChI is InChI=1S/C21H25ClN2O3/c22-18-7-8-20(27-16-17-5-2-1-3-6-17)19(15-18)21(25)23-9-4-10-24-11-13-26-14-12-24/h1-3,5-8,15H,4,9-14,16H2,(H,23,25)/p+1. The molecule has 1 fully saturated rings. The van der Waals surface area contributed by atoms with Gasteiger partial charge in [-0.05, 0) is 23.8 Å². The molecule has 27 heavy (non-hydrogen) atoms. The Morgan fingerprint density at radius 1 is 1.15 bits per heavy atom. The first-order valence-electron chi connectivity index (χ1n) is 9.38. The van der Waals surface area contributed by atoms with Gasteiger partial charge in [0.15, 0.2) is 0 Å². The smallest absolute Gasteiger partial charge is 0.255 e. The number of morpholine rings is 1. The van der Waals surface area contributed by atoms with Gasteiger partial charge in [-0.1, -0.05) is 41.9 Å². The summed E-state index contributed by atoms with van der Waals surface area (Å²) in [4.78, 5) is 14.1. The Hall–Kier alpha value is -2.08. The van der Waals surface area contributed by atoms with Crippen molar-refractivity contribution < 1.29 is 19.2 Å². The second-order valence-electron chi connectivity index (χ2n) is 6.64. The van der Waals surface area contributed by atoms with Gasteiger partial charge in [0.1, 0.15) is 25.4 Å².